The molecule has 86 valence electrons. The molecule has 2 heteroatoms. The minimum Gasteiger partial charge on any atom is -0.435 e. The molecule has 0 aromatic heterocycles. The summed E-state index contributed by atoms with van der Waals surface area (Å²) in [6.07, 6.45) is 9.16. The number of hydrogen-bond donors (Lipinski definition) is 0. The van der Waals surface area contributed by atoms with Crippen molar-refractivity contribution >= 4 is 5.97 Å². The van der Waals surface area contributed by atoms with Crippen molar-refractivity contribution in [2.24, 2.45) is 11.8 Å². The van der Waals surface area contributed by atoms with E-state index in [1.54, 1.807) is 6.92 Å². The molecule has 0 saturated heterocycles. The third-order valence-electron chi connectivity index (χ3n) is 2.51. The van der Waals surface area contributed by atoms with Crippen LogP contribution in [0.2, 0.25) is 0 Å². The van der Waals surface area contributed by atoms with Crippen molar-refractivity contribution in [2.45, 2.75) is 40.5 Å². The van der Waals surface area contributed by atoms with Crippen LogP contribution in [0.5, 0.6) is 0 Å². The lowest BCUT2D eigenvalue weighted by atomic mass is 9.93. The van der Waals surface area contributed by atoms with Crippen molar-refractivity contribution in [1.82, 2.24) is 0 Å². The number of carbonyl (C=O) groups is 1. The van der Waals surface area contributed by atoms with Gasteiger partial charge in [0.2, 0.25) is 0 Å². The number of hydrogen-bond acceptors (Lipinski definition) is 2. The van der Waals surface area contributed by atoms with E-state index >= 15 is 0 Å². The molecule has 0 N–H and O–H groups in total. The summed E-state index contributed by atoms with van der Waals surface area (Å²) in [5.74, 6) is 0.809. The van der Waals surface area contributed by atoms with E-state index in [4.69, 9.17) is 4.74 Å². The van der Waals surface area contributed by atoms with Gasteiger partial charge >= 0.3 is 5.97 Å². The topological polar surface area (TPSA) is 26.3 Å². The molecular weight excluding hydrogens is 188 g/mol. The number of ether oxygens (including phenoxy) is 1. The van der Waals surface area contributed by atoms with Gasteiger partial charge in [0.05, 0.1) is 6.26 Å². The van der Waals surface area contributed by atoms with E-state index in [-0.39, 0.29) is 5.97 Å². The van der Waals surface area contributed by atoms with E-state index in [9.17, 15) is 4.79 Å². The van der Waals surface area contributed by atoms with Crippen molar-refractivity contribution in [1.29, 1.82) is 0 Å². The highest BCUT2D eigenvalue weighted by molar-refractivity contribution is 5.69. The van der Waals surface area contributed by atoms with Gasteiger partial charge in [0, 0.05) is 6.42 Å². The van der Waals surface area contributed by atoms with Gasteiger partial charge in [-0.1, -0.05) is 32.9 Å². The van der Waals surface area contributed by atoms with Crippen LogP contribution < -0.4 is 0 Å². The molecule has 0 spiro atoms. The SMILES string of the molecule is C/C=C/CC(C)C(C)/C=C/OC(=O)CC. The summed E-state index contributed by atoms with van der Waals surface area (Å²) < 4.78 is 4.88. The summed E-state index contributed by atoms with van der Waals surface area (Å²) in [5.41, 5.74) is 0. The lowest BCUT2D eigenvalue weighted by Crippen LogP contribution is -2.04. The van der Waals surface area contributed by atoms with Crippen molar-refractivity contribution in [3.8, 4) is 0 Å². The molecule has 0 heterocycles. The summed E-state index contributed by atoms with van der Waals surface area (Å²) in [7, 11) is 0. The molecule has 0 fully saturated rings. The Kier molecular flexibility index (Phi) is 7.69. The third-order valence-corrected chi connectivity index (χ3v) is 2.51. The molecule has 0 aliphatic heterocycles. The lowest BCUT2D eigenvalue weighted by Gasteiger charge is -2.13. The Morgan fingerprint density at radius 2 is 2.07 bits per heavy atom. The first-order valence-electron chi connectivity index (χ1n) is 5.59. The third kappa shape index (κ3) is 6.95. The maximum atomic E-state index is 10.9. The zero-order valence-corrected chi connectivity index (χ0v) is 10.2. The molecule has 0 bridgehead atoms. The van der Waals surface area contributed by atoms with E-state index < -0.39 is 0 Å². The Morgan fingerprint density at radius 1 is 1.40 bits per heavy atom. The van der Waals surface area contributed by atoms with Crippen LogP contribution in [0, 0.1) is 11.8 Å². The fourth-order valence-electron chi connectivity index (χ4n) is 1.08. The number of rotatable bonds is 6. The van der Waals surface area contributed by atoms with Gasteiger partial charge in [-0.05, 0) is 31.3 Å². The largest absolute Gasteiger partial charge is 0.435 e. The van der Waals surface area contributed by atoms with Crippen LogP contribution in [-0.4, -0.2) is 5.97 Å². The molecule has 0 saturated carbocycles. The smallest absolute Gasteiger partial charge is 0.310 e. The predicted molar refractivity (Wildman–Crippen MR) is 63.3 cm³/mol. The zero-order chi connectivity index (χ0) is 11.7. The molecule has 0 radical (unpaired) electrons. The van der Waals surface area contributed by atoms with Crippen molar-refractivity contribution < 1.29 is 9.53 Å². The van der Waals surface area contributed by atoms with Crippen molar-refractivity contribution in [2.75, 3.05) is 0 Å². The van der Waals surface area contributed by atoms with Crippen LogP contribution in [-0.2, 0) is 9.53 Å². The minimum absolute atomic E-state index is 0.181. The maximum absolute atomic E-state index is 10.9. The molecule has 2 atom stereocenters. The van der Waals surface area contributed by atoms with E-state index in [1.807, 2.05) is 13.0 Å². The van der Waals surface area contributed by atoms with Gasteiger partial charge in [0.25, 0.3) is 0 Å². The first kappa shape index (κ1) is 13.9. The number of allylic oxidation sites excluding steroid dienone is 3. The van der Waals surface area contributed by atoms with Crippen LogP contribution in [0.3, 0.4) is 0 Å². The summed E-state index contributed by atoms with van der Waals surface area (Å²) in [4.78, 5) is 10.9. The van der Waals surface area contributed by atoms with Gasteiger partial charge in [0.1, 0.15) is 0 Å². The second-order valence-corrected chi connectivity index (χ2v) is 3.81. The molecule has 0 amide bonds. The van der Waals surface area contributed by atoms with E-state index in [0.717, 1.165) is 6.42 Å². The van der Waals surface area contributed by atoms with Gasteiger partial charge in [-0.2, -0.15) is 0 Å². The van der Waals surface area contributed by atoms with E-state index in [1.165, 1.54) is 6.26 Å². The Balaban J connectivity index is 3.89. The molecular formula is C13H22O2. The first-order chi connectivity index (χ1) is 7.11. The average Bonchev–Trinajstić information content (AvgIpc) is 2.25. The molecule has 0 aliphatic carbocycles. The Bertz CT molecular complexity index is 229. The van der Waals surface area contributed by atoms with E-state index in [2.05, 4.69) is 26.0 Å². The lowest BCUT2D eigenvalue weighted by molar-refractivity contribution is -0.137. The summed E-state index contributed by atoms with van der Waals surface area (Å²) >= 11 is 0. The van der Waals surface area contributed by atoms with Crippen LogP contribution in [0.25, 0.3) is 0 Å². The van der Waals surface area contributed by atoms with Crippen LogP contribution in [0.15, 0.2) is 24.5 Å². The fraction of sp³-hybridized carbons (Fsp3) is 0.615. The second kappa shape index (κ2) is 8.27. The standard InChI is InChI=1S/C13H22O2/c1-5-7-8-11(3)12(4)9-10-15-13(14)6-2/h5,7,9-12H,6,8H2,1-4H3/b7-5+,10-9+. The number of carbonyl (C=O) groups excluding carboxylic acids is 1. The quantitative estimate of drug-likeness (QED) is 0.379. The monoisotopic (exact) mass is 210 g/mol. The van der Waals surface area contributed by atoms with Crippen LogP contribution >= 0.6 is 0 Å². The average molecular weight is 210 g/mol. The molecule has 0 rings (SSSR count). The molecule has 0 aliphatic rings. The molecule has 0 aromatic carbocycles. The minimum atomic E-state index is -0.181. The van der Waals surface area contributed by atoms with Crippen LogP contribution in [0.4, 0.5) is 0 Å². The normalized spacial score (nSPS) is 15.7. The fourth-order valence-corrected chi connectivity index (χ4v) is 1.08. The maximum Gasteiger partial charge on any atom is 0.310 e. The molecule has 2 nitrogen and oxygen atoms in total. The second-order valence-electron chi connectivity index (χ2n) is 3.81. The summed E-state index contributed by atoms with van der Waals surface area (Å²) in [6.45, 7) is 8.13. The molecule has 2 unspecified atom stereocenters. The van der Waals surface area contributed by atoms with Crippen LogP contribution in [0.1, 0.15) is 40.5 Å². The first-order valence-corrected chi connectivity index (χ1v) is 5.59. The number of esters is 1. The highest BCUT2D eigenvalue weighted by Crippen LogP contribution is 2.16. The Morgan fingerprint density at radius 3 is 2.60 bits per heavy atom. The molecule has 0 aromatic rings. The summed E-state index contributed by atoms with van der Waals surface area (Å²) in [6, 6.07) is 0. The highest BCUT2D eigenvalue weighted by atomic mass is 16.5. The van der Waals surface area contributed by atoms with Gasteiger partial charge in [-0.15, -0.1) is 0 Å². The zero-order valence-electron chi connectivity index (χ0n) is 10.2. The van der Waals surface area contributed by atoms with Gasteiger partial charge in [0.15, 0.2) is 0 Å². The predicted octanol–water partition coefficient (Wildman–Crippen LogP) is 3.69. The van der Waals surface area contributed by atoms with Gasteiger partial charge in [-0.3, -0.25) is 4.79 Å². The van der Waals surface area contributed by atoms with Crippen molar-refractivity contribution in [3.05, 3.63) is 24.5 Å². The highest BCUT2D eigenvalue weighted by Gasteiger charge is 2.07. The Labute approximate surface area is 93.0 Å². The summed E-state index contributed by atoms with van der Waals surface area (Å²) in [5, 5.41) is 0. The van der Waals surface area contributed by atoms with Gasteiger partial charge < -0.3 is 4.74 Å². The molecule has 15 heavy (non-hydrogen) atoms. The van der Waals surface area contributed by atoms with Gasteiger partial charge in [-0.25, -0.2) is 0 Å². The Hall–Kier alpha value is -1.05. The van der Waals surface area contributed by atoms with E-state index in [0.29, 0.717) is 18.3 Å². The van der Waals surface area contributed by atoms with Crippen molar-refractivity contribution in [3.63, 3.8) is 0 Å².